The predicted octanol–water partition coefficient (Wildman–Crippen LogP) is 7.87. The lowest BCUT2D eigenvalue weighted by molar-refractivity contribution is -0.00314. The summed E-state index contributed by atoms with van der Waals surface area (Å²) in [7, 11) is 0. The molecule has 43 heavy (non-hydrogen) atoms. The highest BCUT2D eigenvalue weighted by Gasteiger charge is 2.49. The lowest BCUT2D eigenvalue weighted by atomic mass is 9.80. The van der Waals surface area contributed by atoms with Crippen LogP contribution in [-0.4, -0.2) is 38.4 Å². The van der Waals surface area contributed by atoms with Gasteiger partial charge in [0.05, 0.1) is 31.8 Å². The number of hydrogen-bond acceptors (Lipinski definition) is 7. The molecule has 2 saturated heterocycles. The summed E-state index contributed by atoms with van der Waals surface area (Å²) < 4.78 is 12.0. The molecule has 4 aromatic rings. The molecule has 0 unspecified atom stereocenters. The third kappa shape index (κ3) is 5.24. The fraction of sp³-hybridized carbons (Fsp3) is 0.344. The number of fused-ring (bicyclic) bond motifs is 2. The van der Waals surface area contributed by atoms with E-state index in [4.69, 9.17) is 44.1 Å². The Labute approximate surface area is 263 Å². The van der Waals surface area contributed by atoms with Gasteiger partial charge in [-0.3, -0.25) is 0 Å². The largest absolute Gasteiger partial charge is 0.489 e. The SMILES string of the molecule is O=C(O)c1ccnc(N2[C@@H]3CC[C@H]2C[C@](O)(c2ccc(OCc4c(-c5c(Cl)cccc5Cl)noc4C4CC4)cc2Cl)C3)c1. The second kappa shape index (κ2) is 11.0. The van der Waals surface area contributed by atoms with Crippen LogP contribution in [0.15, 0.2) is 59.3 Å². The number of piperidine rings is 1. The molecule has 7 rings (SSSR count). The number of benzene rings is 2. The van der Waals surface area contributed by atoms with Crippen LogP contribution in [0.3, 0.4) is 0 Å². The van der Waals surface area contributed by atoms with E-state index in [0.717, 1.165) is 37.0 Å². The van der Waals surface area contributed by atoms with Crippen LogP contribution in [0.5, 0.6) is 5.75 Å². The molecule has 3 fully saturated rings. The molecular weight excluding hydrogens is 613 g/mol. The molecule has 4 heterocycles. The number of anilines is 1. The van der Waals surface area contributed by atoms with E-state index in [0.29, 0.717) is 62.2 Å². The zero-order valence-electron chi connectivity index (χ0n) is 23.0. The molecule has 1 aliphatic carbocycles. The lowest BCUT2D eigenvalue weighted by Crippen LogP contribution is -2.50. The molecule has 2 aromatic carbocycles. The van der Waals surface area contributed by atoms with Crippen LogP contribution in [-0.2, 0) is 12.2 Å². The van der Waals surface area contributed by atoms with Crippen molar-refractivity contribution in [3.63, 3.8) is 0 Å². The van der Waals surface area contributed by atoms with Crippen LogP contribution in [0.2, 0.25) is 15.1 Å². The van der Waals surface area contributed by atoms with Crippen molar-refractivity contribution in [3.8, 4) is 17.0 Å². The molecule has 1 saturated carbocycles. The Kier molecular flexibility index (Phi) is 7.29. The second-order valence-electron chi connectivity index (χ2n) is 11.6. The van der Waals surface area contributed by atoms with Gasteiger partial charge < -0.3 is 24.4 Å². The number of halogens is 3. The Hall–Kier alpha value is -3.30. The van der Waals surface area contributed by atoms with Gasteiger partial charge in [0.25, 0.3) is 0 Å². The standard InChI is InChI=1S/C32H28Cl3N3O5/c33-24-2-1-3-25(34)28(24)29-22(30(43-37-29)17-4-5-17)16-42-21-8-9-23(26(35)13-21)32(41)14-19-6-7-20(15-32)38(19)27-12-18(31(39)40)10-11-36-27/h1-3,8-13,17,19-20,41H,4-7,14-16H2,(H,39,40)/t19-,20+,32+. The molecular formula is C32H28Cl3N3O5. The highest BCUT2D eigenvalue weighted by atomic mass is 35.5. The van der Waals surface area contributed by atoms with Crippen molar-refractivity contribution >= 4 is 46.6 Å². The van der Waals surface area contributed by atoms with Gasteiger partial charge in [0.15, 0.2) is 0 Å². The van der Waals surface area contributed by atoms with Gasteiger partial charge in [0.2, 0.25) is 0 Å². The van der Waals surface area contributed by atoms with Crippen molar-refractivity contribution < 1.29 is 24.3 Å². The molecule has 3 atom stereocenters. The number of aromatic nitrogens is 2. The number of carboxylic acids is 1. The zero-order chi connectivity index (χ0) is 29.9. The van der Waals surface area contributed by atoms with E-state index in [9.17, 15) is 15.0 Å². The quantitative estimate of drug-likeness (QED) is 0.200. The summed E-state index contributed by atoms with van der Waals surface area (Å²) in [4.78, 5) is 18.1. The Bertz CT molecular complexity index is 1690. The van der Waals surface area contributed by atoms with Gasteiger partial charge >= 0.3 is 5.97 Å². The summed E-state index contributed by atoms with van der Waals surface area (Å²) in [6.07, 6.45) is 6.24. The molecule has 3 aliphatic rings. The number of hydrogen-bond donors (Lipinski definition) is 2. The van der Waals surface area contributed by atoms with Gasteiger partial charge in [0.1, 0.15) is 29.6 Å². The average Bonchev–Trinajstić information content (AvgIpc) is 3.67. The van der Waals surface area contributed by atoms with E-state index < -0.39 is 11.6 Å². The number of pyridine rings is 1. The molecule has 0 spiro atoms. The number of aliphatic hydroxyl groups is 1. The number of nitrogens with zero attached hydrogens (tertiary/aromatic N) is 3. The summed E-state index contributed by atoms with van der Waals surface area (Å²) in [6, 6.07) is 13.8. The van der Waals surface area contributed by atoms with Gasteiger partial charge in [-0.25, -0.2) is 9.78 Å². The monoisotopic (exact) mass is 639 g/mol. The minimum absolute atomic E-state index is 0.0109. The smallest absolute Gasteiger partial charge is 0.335 e. The van der Waals surface area contributed by atoms with E-state index in [2.05, 4.69) is 15.0 Å². The van der Waals surface area contributed by atoms with E-state index >= 15 is 0 Å². The first-order valence-electron chi connectivity index (χ1n) is 14.3. The number of aromatic carboxylic acids is 1. The van der Waals surface area contributed by atoms with Crippen LogP contribution in [0.25, 0.3) is 11.3 Å². The van der Waals surface area contributed by atoms with Crippen molar-refractivity contribution in [2.75, 3.05) is 4.90 Å². The van der Waals surface area contributed by atoms with Crippen LogP contribution < -0.4 is 9.64 Å². The Morgan fingerprint density at radius 1 is 1.00 bits per heavy atom. The number of ether oxygens (including phenoxy) is 1. The Morgan fingerprint density at radius 3 is 2.37 bits per heavy atom. The van der Waals surface area contributed by atoms with E-state index in [1.54, 1.807) is 30.3 Å². The first kappa shape index (κ1) is 28.5. The third-order valence-corrected chi connectivity index (χ3v) is 9.76. The number of carbonyl (C=O) groups is 1. The molecule has 8 nitrogen and oxygen atoms in total. The minimum Gasteiger partial charge on any atom is -0.489 e. The molecule has 2 N–H and O–H groups in total. The van der Waals surface area contributed by atoms with Gasteiger partial charge in [-0.15, -0.1) is 0 Å². The Balaban J connectivity index is 1.11. The molecule has 2 aliphatic heterocycles. The maximum absolute atomic E-state index is 11.9. The van der Waals surface area contributed by atoms with Crippen molar-refractivity contribution in [3.05, 3.63) is 92.2 Å². The predicted molar refractivity (Wildman–Crippen MR) is 163 cm³/mol. The molecule has 222 valence electrons. The Morgan fingerprint density at radius 2 is 1.72 bits per heavy atom. The second-order valence-corrected chi connectivity index (χ2v) is 12.8. The van der Waals surface area contributed by atoms with Gasteiger partial charge in [-0.1, -0.05) is 52.1 Å². The summed E-state index contributed by atoms with van der Waals surface area (Å²) in [5.41, 5.74) is 1.70. The normalized spacial score (nSPS) is 23.0. The molecule has 0 amide bonds. The zero-order valence-corrected chi connectivity index (χ0v) is 25.2. The maximum atomic E-state index is 11.9. The summed E-state index contributed by atoms with van der Waals surface area (Å²) in [5.74, 6) is 1.26. The maximum Gasteiger partial charge on any atom is 0.335 e. The van der Waals surface area contributed by atoms with Gasteiger partial charge in [0, 0.05) is 48.2 Å². The molecule has 0 radical (unpaired) electrons. The average molecular weight is 641 g/mol. The van der Waals surface area contributed by atoms with Crippen molar-refractivity contribution in [1.82, 2.24) is 10.1 Å². The topological polar surface area (TPSA) is 109 Å². The van der Waals surface area contributed by atoms with Crippen molar-refractivity contribution in [1.29, 1.82) is 0 Å². The van der Waals surface area contributed by atoms with E-state index in [-0.39, 0.29) is 24.3 Å². The fourth-order valence-corrected chi connectivity index (χ4v) is 7.60. The molecule has 11 heteroatoms. The number of carboxylic acid groups (broad SMARTS) is 1. The first-order chi connectivity index (χ1) is 20.7. The fourth-order valence-electron chi connectivity index (χ4n) is 6.68. The summed E-state index contributed by atoms with van der Waals surface area (Å²) in [5, 5.41) is 27.0. The molecule has 2 aromatic heterocycles. The van der Waals surface area contributed by atoms with E-state index in [1.165, 1.54) is 12.3 Å². The minimum atomic E-state index is -1.13. The van der Waals surface area contributed by atoms with Gasteiger partial charge in [-0.2, -0.15) is 0 Å². The third-order valence-electron chi connectivity index (χ3n) is 8.81. The lowest BCUT2D eigenvalue weighted by Gasteiger charge is -2.45. The van der Waals surface area contributed by atoms with Crippen LogP contribution in [0.4, 0.5) is 5.82 Å². The van der Waals surface area contributed by atoms with E-state index in [1.807, 2.05) is 12.1 Å². The van der Waals surface area contributed by atoms with Crippen LogP contribution >= 0.6 is 34.8 Å². The highest BCUT2D eigenvalue weighted by molar-refractivity contribution is 6.39. The molecule has 2 bridgehead atoms. The summed E-state index contributed by atoms with van der Waals surface area (Å²) in [6.45, 7) is 0.188. The van der Waals surface area contributed by atoms with Crippen molar-refractivity contribution in [2.45, 2.75) is 68.7 Å². The van der Waals surface area contributed by atoms with Crippen molar-refractivity contribution in [2.24, 2.45) is 0 Å². The van der Waals surface area contributed by atoms with Crippen LogP contribution in [0, 0.1) is 0 Å². The van der Waals surface area contributed by atoms with Crippen LogP contribution in [0.1, 0.15) is 71.7 Å². The highest BCUT2D eigenvalue weighted by Crippen LogP contribution is 2.49. The number of rotatable bonds is 8. The van der Waals surface area contributed by atoms with Gasteiger partial charge in [-0.05, 0) is 62.1 Å². The summed E-state index contributed by atoms with van der Waals surface area (Å²) >= 11 is 19.8. The first-order valence-corrected chi connectivity index (χ1v) is 15.4.